The number of anilines is 5. The minimum Gasteiger partial charge on any atom is -0.495 e. The van der Waals surface area contributed by atoms with Crippen molar-refractivity contribution < 1.29 is 9.66 Å². The Labute approximate surface area is 155 Å². The van der Waals surface area contributed by atoms with Crippen LogP contribution in [0.3, 0.4) is 0 Å². The Bertz CT molecular complexity index is 965. The van der Waals surface area contributed by atoms with Crippen LogP contribution in [0.25, 0.3) is 0 Å². The summed E-state index contributed by atoms with van der Waals surface area (Å²) in [6, 6.07) is 16.4. The van der Waals surface area contributed by atoms with Crippen molar-refractivity contribution in [2.24, 2.45) is 0 Å². The Hall–Kier alpha value is -3.88. The van der Waals surface area contributed by atoms with Gasteiger partial charge in [-0.3, -0.25) is 10.1 Å². The molecule has 0 amide bonds. The van der Waals surface area contributed by atoms with Gasteiger partial charge in [-0.15, -0.1) is 0 Å². The number of methoxy groups -OCH3 is 1. The van der Waals surface area contributed by atoms with E-state index in [0.717, 1.165) is 5.69 Å². The topological polar surface area (TPSA) is 119 Å². The molecule has 0 aliphatic rings. The number of para-hydroxylation sites is 3. The monoisotopic (exact) mass is 366 g/mol. The lowest BCUT2D eigenvalue weighted by molar-refractivity contribution is -0.383. The van der Waals surface area contributed by atoms with Gasteiger partial charge in [0.2, 0.25) is 17.6 Å². The summed E-state index contributed by atoms with van der Waals surface area (Å²) in [6.45, 7) is 0. The number of nitrogen functional groups attached to an aromatic ring is 1. The zero-order chi connectivity index (χ0) is 19.4. The summed E-state index contributed by atoms with van der Waals surface area (Å²) in [5, 5.41) is 14.4. The first-order chi connectivity index (χ1) is 13.0. The summed E-state index contributed by atoms with van der Waals surface area (Å²) in [5.74, 6) is 0.489. The maximum absolute atomic E-state index is 11.5. The molecule has 27 heavy (non-hydrogen) atoms. The van der Waals surface area contributed by atoms with Gasteiger partial charge in [0.25, 0.3) is 0 Å². The highest BCUT2D eigenvalue weighted by Crippen LogP contribution is 2.35. The fourth-order valence-corrected chi connectivity index (χ4v) is 2.52. The molecule has 0 unspecified atom stereocenters. The Kier molecular flexibility index (Phi) is 5.02. The van der Waals surface area contributed by atoms with E-state index < -0.39 is 10.6 Å². The predicted octanol–water partition coefficient (Wildman–Crippen LogP) is 3.49. The average molecular weight is 366 g/mol. The van der Waals surface area contributed by atoms with Crippen molar-refractivity contribution in [3.63, 3.8) is 0 Å². The third kappa shape index (κ3) is 3.71. The van der Waals surface area contributed by atoms with Crippen LogP contribution in [-0.2, 0) is 0 Å². The minimum atomic E-state index is -0.612. The summed E-state index contributed by atoms with van der Waals surface area (Å²) in [5.41, 5.74) is 6.81. The van der Waals surface area contributed by atoms with Gasteiger partial charge in [-0.1, -0.05) is 30.3 Å². The lowest BCUT2D eigenvalue weighted by Gasteiger charge is -2.19. The number of nitrogens with one attached hydrogen (secondary N) is 1. The molecule has 0 saturated carbocycles. The second-order valence-electron chi connectivity index (χ2n) is 5.58. The van der Waals surface area contributed by atoms with E-state index in [0.29, 0.717) is 11.4 Å². The van der Waals surface area contributed by atoms with Crippen LogP contribution in [-0.4, -0.2) is 29.0 Å². The molecular weight excluding hydrogens is 348 g/mol. The zero-order valence-electron chi connectivity index (χ0n) is 14.8. The van der Waals surface area contributed by atoms with Crippen molar-refractivity contribution >= 4 is 34.6 Å². The Balaban J connectivity index is 2.08. The zero-order valence-corrected chi connectivity index (χ0v) is 14.8. The summed E-state index contributed by atoms with van der Waals surface area (Å²) in [4.78, 5) is 21.0. The van der Waals surface area contributed by atoms with Crippen LogP contribution in [0.2, 0.25) is 0 Å². The first-order valence-electron chi connectivity index (χ1n) is 8.02. The number of benzene rings is 2. The molecule has 3 rings (SSSR count). The molecule has 0 radical (unpaired) electrons. The van der Waals surface area contributed by atoms with Gasteiger partial charge in [0.15, 0.2) is 0 Å². The third-order valence-corrected chi connectivity index (χ3v) is 3.89. The van der Waals surface area contributed by atoms with E-state index in [1.807, 2.05) is 30.3 Å². The molecule has 1 heterocycles. The Morgan fingerprint density at radius 1 is 1.11 bits per heavy atom. The molecule has 2 aromatic carbocycles. The Morgan fingerprint density at radius 2 is 1.78 bits per heavy atom. The molecule has 9 heteroatoms. The smallest absolute Gasteiger partial charge is 0.353 e. The second kappa shape index (κ2) is 7.56. The fourth-order valence-electron chi connectivity index (χ4n) is 2.52. The normalized spacial score (nSPS) is 10.3. The number of hydrogen-bond acceptors (Lipinski definition) is 8. The number of nitro groups is 1. The van der Waals surface area contributed by atoms with Gasteiger partial charge in [-0.25, -0.2) is 0 Å². The molecule has 0 atom stereocenters. The standard InChI is InChI=1S/C18H18N6O3/c1-23(12-8-4-3-5-9-12)18-21-16(19)15(24(25)26)17(22-18)20-13-10-6-7-11-14(13)27-2/h3-11H,1-2H3,(H3,19,20,21,22). The quantitative estimate of drug-likeness (QED) is 0.502. The van der Waals surface area contributed by atoms with Gasteiger partial charge in [0.1, 0.15) is 5.75 Å². The van der Waals surface area contributed by atoms with Crippen LogP contribution in [0.5, 0.6) is 5.75 Å². The number of aromatic nitrogens is 2. The molecule has 0 aliphatic heterocycles. The molecule has 0 saturated heterocycles. The molecule has 3 aromatic rings. The highest BCUT2D eigenvalue weighted by molar-refractivity contribution is 5.77. The van der Waals surface area contributed by atoms with Gasteiger partial charge in [0, 0.05) is 12.7 Å². The summed E-state index contributed by atoms with van der Waals surface area (Å²) < 4.78 is 5.28. The van der Waals surface area contributed by atoms with Crippen LogP contribution in [0.15, 0.2) is 54.6 Å². The summed E-state index contributed by atoms with van der Waals surface area (Å²) in [6.07, 6.45) is 0. The molecule has 0 aliphatic carbocycles. The SMILES string of the molecule is COc1ccccc1Nc1nc(N(C)c2ccccc2)nc(N)c1[N+](=O)[O-]. The van der Waals surface area contributed by atoms with Crippen LogP contribution < -0.4 is 20.7 Å². The van der Waals surface area contributed by atoms with E-state index >= 15 is 0 Å². The molecule has 1 aromatic heterocycles. The van der Waals surface area contributed by atoms with Gasteiger partial charge >= 0.3 is 5.69 Å². The number of rotatable bonds is 6. The van der Waals surface area contributed by atoms with Crippen molar-refractivity contribution in [1.29, 1.82) is 0 Å². The largest absolute Gasteiger partial charge is 0.495 e. The van der Waals surface area contributed by atoms with E-state index in [1.54, 1.807) is 36.2 Å². The first-order valence-corrected chi connectivity index (χ1v) is 8.02. The molecule has 0 spiro atoms. The first kappa shape index (κ1) is 17.9. The lowest BCUT2D eigenvalue weighted by atomic mass is 10.3. The molecule has 0 fully saturated rings. The number of ether oxygens (including phenoxy) is 1. The van der Waals surface area contributed by atoms with Crippen LogP contribution in [0.4, 0.5) is 34.6 Å². The third-order valence-electron chi connectivity index (χ3n) is 3.89. The van der Waals surface area contributed by atoms with Crippen molar-refractivity contribution in [3.8, 4) is 5.75 Å². The van der Waals surface area contributed by atoms with Gasteiger partial charge in [0.05, 0.1) is 17.7 Å². The predicted molar refractivity (Wildman–Crippen MR) is 104 cm³/mol. The average Bonchev–Trinajstić information content (AvgIpc) is 2.67. The fraction of sp³-hybridized carbons (Fsp3) is 0.111. The van der Waals surface area contributed by atoms with Gasteiger partial charge in [-0.2, -0.15) is 9.97 Å². The lowest BCUT2D eigenvalue weighted by Crippen LogP contribution is -2.16. The van der Waals surface area contributed by atoms with E-state index in [-0.39, 0.29) is 17.6 Å². The maximum Gasteiger partial charge on any atom is 0.353 e. The van der Waals surface area contributed by atoms with Crippen LogP contribution in [0, 0.1) is 10.1 Å². The second-order valence-corrected chi connectivity index (χ2v) is 5.58. The van der Waals surface area contributed by atoms with Crippen molar-refractivity contribution in [2.45, 2.75) is 0 Å². The van der Waals surface area contributed by atoms with Crippen LogP contribution in [0.1, 0.15) is 0 Å². The van der Waals surface area contributed by atoms with Crippen LogP contribution >= 0.6 is 0 Å². The minimum absolute atomic E-state index is 0.0187. The van der Waals surface area contributed by atoms with Crippen molar-refractivity contribution in [2.75, 3.05) is 30.1 Å². The molecule has 9 nitrogen and oxygen atoms in total. The van der Waals surface area contributed by atoms with E-state index in [1.165, 1.54) is 7.11 Å². The van der Waals surface area contributed by atoms with Crippen molar-refractivity contribution in [3.05, 3.63) is 64.7 Å². The highest BCUT2D eigenvalue weighted by atomic mass is 16.6. The number of hydrogen-bond donors (Lipinski definition) is 2. The molecule has 138 valence electrons. The summed E-state index contributed by atoms with van der Waals surface area (Å²) in [7, 11) is 3.26. The molecule has 3 N–H and O–H groups in total. The van der Waals surface area contributed by atoms with E-state index in [4.69, 9.17) is 10.5 Å². The van der Waals surface area contributed by atoms with Gasteiger partial charge in [-0.05, 0) is 24.3 Å². The molecule has 0 bridgehead atoms. The van der Waals surface area contributed by atoms with Crippen molar-refractivity contribution in [1.82, 2.24) is 9.97 Å². The Morgan fingerprint density at radius 3 is 2.44 bits per heavy atom. The maximum atomic E-state index is 11.5. The summed E-state index contributed by atoms with van der Waals surface area (Å²) >= 11 is 0. The van der Waals surface area contributed by atoms with E-state index in [2.05, 4.69) is 15.3 Å². The van der Waals surface area contributed by atoms with Gasteiger partial charge < -0.3 is 20.7 Å². The number of nitrogens with zero attached hydrogens (tertiary/aromatic N) is 4. The number of nitrogens with two attached hydrogens (primary N) is 1. The van der Waals surface area contributed by atoms with E-state index in [9.17, 15) is 10.1 Å². The highest BCUT2D eigenvalue weighted by Gasteiger charge is 2.25. The molecular formula is C18H18N6O3.